The van der Waals surface area contributed by atoms with Crippen LogP contribution in [-0.4, -0.2) is 22.6 Å². The number of nitrogens with zero attached hydrogens (tertiary/aromatic N) is 1. The molecule has 2 amide bonds. The largest absolute Gasteiger partial charge is 0.325 e. The van der Waals surface area contributed by atoms with E-state index < -0.39 is 0 Å². The first kappa shape index (κ1) is 23.0. The number of hydrogen-bond donors (Lipinski definition) is 2. The van der Waals surface area contributed by atoms with Crippen molar-refractivity contribution < 1.29 is 9.59 Å². The molecule has 8 heteroatoms. The van der Waals surface area contributed by atoms with E-state index in [-0.39, 0.29) is 17.6 Å². The van der Waals surface area contributed by atoms with E-state index >= 15 is 0 Å². The number of amides is 2. The number of nitrogens with one attached hydrogen (secondary N) is 2. The van der Waals surface area contributed by atoms with Gasteiger partial charge in [-0.05, 0) is 54.5 Å². The Balaban J connectivity index is 1.35. The van der Waals surface area contributed by atoms with Gasteiger partial charge in [-0.3, -0.25) is 9.59 Å². The zero-order valence-corrected chi connectivity index (χ0v) is 20.1. The number of carbonyl (C=O) groups excluding carboxylic acids is 2. The molecule has 0 radical (unpaired) electrons. The Morgan fingerprint density at radius 2 is 1.88 bits per heavy atom. The zero-order valence-electron chi connectivity index (χ0n) is 17.7. The monoisotopic (exact) mass is 493 g/mol. The zero-order chi connectivity index (χ0) is 23.2. The number of anilines is 2. The summed E-state index contributed by atoms with van der Waals surface area (Å²) in [7, 11) is 0. The smallest absolute Gasteiger partial charge is 0.248 e. The van der Waals surface area contributed by atoms with Crippen molar-refractivity contribution >= 4 is 74.2 Å². The van der Waals surface area contributed by atoms with Crippen molar-refractivity contribution in [2.75, 3.05) is 16.4 Å². The number of aromatic nitrogens is 1. The van der Waals surface area contributed by atoms with Gasteiger partial charge in [-0.2, -0.15) is 0 Å². The highest BCUT2D eigenvalue weighted by Gasteiger charge is 2.11. The van der Waals surface area contributed by atoms with Gasteiger partial charge < -0.3 is 10.6 Å². The van der Waals surface area contributed by atoms with Gasteiger partial charge in [-0.15, -0.1) is 11.3 Å². The summed E-state index contributed by atoms with van der Waals surface area (Å²) >= 11 is 8.97. The summed E-state index contributed by atoms with van der Waals surface area (Å²) < 4.78 is 1.73. The number of thiazole rings is 1. The lowest BCUT2D eigenvalue weighted by Gasteiger charge is -2.08. The quantitative estimate of drug-likeness (QED) is 0.223. The predicted molar refractivity (Wildman–Crippen MR) is 139 cm³/mol. The highest BCUT2D eigenvalue weighted by atomic mass is 35.5. The third-order valence-electron chi connectivity index (χ3n) is 4.73. The van der Waals surface area contributed by atoms with Crippen LogP contribution in [0.4, 0.5) is 11.4 Å². The molecule has 0 saturated carbocycles. The summed E-state index contributed by atoms with van der Waals surface area (Å²) in [6.45, 7) is 1.87. The molecule has 3 aromatic carbocycles. The lowest BCUT2D eigenvalue weighted by atomic mass is 10.2. The lowest BCUT2D eigenvalue weighted by Crippen LogP contribution is -2.14. The van der Waals surface area contributed by atoms with Crippen LogP contribution in [0.2, 0.25) is 5.02 Å². The fourth-order valence-electron chi connectivity index (χ4n) is 3.02. The van der Waals surface area contributed by atoms with E-state index in [4.69, 9.17) is 11.6 Å². The number of hydrogen-bond acceptors (Lipinski definition) is 5. The molecule has 1 heterocycles. The van der Waals surface area contributed by atoms with Crippen molar-refractivity contribution in [1.29, 1.82) is 0 Å². The van der Waals surface area contributed by atoms with E-state index in [1.807, 2.05) is 61.5 Å². The van der Waals surface area contributed by atoms with Crippen LogP contribution in [0, 0.1) is 6.92 Å². The van der Waals surface area contributed by atoms with Crippen LogP contribution in [0.3, 0.4) is 0 Å². The summed E-state index contributed by atoms with van der Waals surface area (Å²) in [5.41, 5.74) is 4.03. The molecule has 4 aromatic rings. The summed E-state index contributed by atoms with van der Waals surface area (Å²) in [6.07, 6.45) is 3.28. The van der Waals surface area contributed by atoms with E-state index in [1.54, 1.807) is 18.2 Å². The second kappa shape index (κ2) is 10.7. The Labute approximate surface area is 204 Å². The molecular formula is C25H20ClN3O2S2. The molecule has 1 aromatic heterocycles. The molecule has 0 aliphatic heterocycles. The molecule has 0 bridgehead atoms. The number of thioether (sulfide) groups is 1. The van der Waals surface area contributed by atoms with Gasteiger partial charge in [0.2, 0.25) is 11.8 Å². The average Bonchev–Trinajstić information content (AvgIpc) is 3.22. The standard InChI is InChI=1S/C25H20ClN3O2S2/c1-16-19(26)8-5-9-20(16)28-24(31)15-32-25-29-21-12-11-18(14-22(21)33-25)27-23(30)13-10-17-6-3-2-4-7-17/h2-14H,15H2,1H3,(H,27,30)(H,28,31)/b13-10+. The molecule has 0 unspecified atom stereocenters. The van der Waals surface area contributed by atoms with E-state index in [0.717, 1.165) is 25.7 Å². The van der Waals surface area contributed by atoms with Crippen LogP contribution in [0.5, 0.6) is 0 Å². The normalized spacial score (nSPS) is 11.1. The van der Waals surface area contributed by atoms with Crippen molar-refractivity contribution in [2.24, 2.45) is 0 Å². The minimum Gasteiger partial charge on any atom is -0.325 e. The van der Waals surface area contributed by atoms with Crippen LogP contribution < -0.4 is 10.6 Å². The van der Waals surface area contributed by atoms with Crippen LogP contribution in [-0.2, 0) is 9.59 Å². The van der Waals surface area contributed by atoms with E-state index in [1.165, 1.54) is 29.2 Å². The van der Waals surface area contributed by atoms with E-state index in [0.29, 0.717) is 16.4 Å². The Morgan fingerprint density at radius 1 is 1.06 bits per heavy atom. The van der Waals surface area contributed by atoms with E-state index in [2.05, 4.69) is 15.6 Å². The molecule has 0 aliphatic rings. The minimum absolute atomic E-state index is 0.122. The summed E-state index contributed by atoms with van der Waals surface area (Å²) in [5, 5.41) is 6.38. The molecule has 4 rings (SSSR count). The Hall–Kier alpha value is -3.13. The van der Waals surface area contributed by atoms with Gasteiger partial charge in [0.05, 0.1) is 16.0 Å². The van der Waals surface area contributed by atoms with Gasteiger partial charge >= 0.3 is 0 Å². The van der Waals surface area contributed by atoms with Gasteiger partial charge in [0.1, 0.15) is 0 Å². The molecule has 0 fully saturated rings. The second-order valence-electron chi connectivity index (χ2n) is 7.14. The molecular weight excluding hydrogens is 474 g/mol. The maximum absolute atomic E-state index is 12.4. The van der Waals surface area contributed by atoms with Crippen LogP contribution in [0.15, 0.2) is 77.1 Å². The maximum Gasteiger partial charge on any atom is 0.248 e. The van der Waals surface area contributed by atoms with Crippen LogP contribution in [0.1, 0.15) is 11.1 Å². The summed E-state index contributed by atoms with van der Waals surface area (Å²) in [4.78, 5) is 29.2. The molecule has 0 spiro atoms. The van der Waals surface area contributed by atoms with Crippen molar-refractivity contribution in [1.82, 2.24) is 4.98 Å². The molecule has 33 heavy (non-hydrogen) atoms. The van der Waals surface area contributed by atoms with E-state index in [9.17, 15) is 9.59 Å². The molecule has 2 N–H and O–H groups in total. The highest BCUT2D eigenvalue weighted by Crippen LogP contribution is 2.31. The topological polar surface area (TPSA) is 71.1 Å². The Morgan fingerprint density at radius 3 is 2.70 bits per heavy atom. The number of rotatable bonds is 7. The maximum atomic E-state index is 12.4. The van der Waals surface area contributed by atoms with Crippen LogP contribution in [0.25, 0.3) is 16.3 Å². The predicted octanol–water partition coefficient (Wildman–Crippen LogP) is 6.64. The van der Waals surface area contributed by atoms with Crippen LogP contribution >= 0.6 is 34.7 Å². The third-order valence-corrected chi connectivity index (χ3v) is 7.30. The van der Waals surface area contributed by atoms with Crippen molar-refractivity contribution in [3.63, 3.8) is 0 Å². The molecule has 0 saturated heterocycles. The molecule has 166 valence electrons. The first-order valence-corrected chi connectivity index (χ1v) is 12.3. The first-order chi connectivity index (χ1) is 16.0. The number of benzene rings is 3. The fraction of sp³-hybridized carbons (Fsp3) is 0.0800. The SMILES string of the molecule is Cc1c(Cl)cccc1NC(=O)CSc1nc2ccc(NC(=O)/C=C/c3ccccc3)cc2s1. The van der Waals surface area contributed by atoms with Gasteiger partial charge in [-0.1, -0.05) is 59.8 Å². The first-order valence-electron chi connectivity index (χ1n) is 10.1. The molecule has 5 nitrogen and oxygen atoms in total. The van der Waals surface area contributed by atoms with Crippen molar-refractivity contribution in [3.8, 4) is 0 Å². The molecule has 0 atom stereocenters. The average molecular weight is 494 g/mol. The minimum atomic E-state index is -0.203. The number of fused-ring (bicyclic) bond motifs is 1. The number of halogens is 1. The highest BCUT2D eigenvalue weighted by molar-refractivity contribution is 8.01. The lowest BCUT2D eigenvalue weighted by molar-refractivity contribution is -0.114. The Bertz CT molecular complexity index is 1340. The van der Waals surface area contributed by atoms with Crippen molar-refractivity contribution in [3.05, 3.63) is 89.0 Å². The van der Waals surface area contributed by atoms with Gasteiger partial charge in [0.25, 0.3) is 0 Å². The molecule has 0 aliphatic carbocycles. The number of carbonyl (C=O) groups is 2. The fourth-order valence-corrected chi connectivity index (χ4v) is 5.10. The van der Waals surface area contributed by atoms with Gasteiger partial charge in [0, 0.05) is 22.5 Å². The summed E-state index contributed by atoms with van der Waals surface area (Å²) in [6, 6.07) is 20.6. The third kappa shape index (κ3) is 6.22. The van der Waals surface area contributed by atoms with Gasteiger partial charge in [-0.25, -0.2) is 4.98 Å². The van der Waals surface area contributed by atoms with Crippen molar-refractivity contribution in [2.45, 2.75) is 11.3 Å². The Kier molecular flexibility index (Phi) is 7.44. The second-order valence-corrected chi connectivity index (χ2v) is 9.81. The summed E-state index contributed by atoms with van der Waals surface area (Å²) in [5.74, 6) is -0.0901. The van der Waals surface area contributed by atoms with Gasteiger partial charge in [0.15, 0.2) is 4.34 Å².